The fourth-order valence-corrected chi connectivity index (χ4v) is 3.36. The second-order valence-electron chi connectivity index (χ2n) is 7.62. The van der Waals surface area contributed by atoms with Crippen molar-refractivity contribution in [3.8, 4) is 0 Å². The lowest BCUT2D eigenvalue weighted by Gasteiger charge is -2.47. The standard InChI is InChI=1S/C17H29N3O3/c1-12-14(13(2)22-19-12)8-7-9-18-15(21)20-10-16(3,4)23-17(5,6)11-20/h7-11H2,1-6H3,(H,18,21). The van der Waals surface area contributed by atoms with E-state index in [1.54, 1.807) is 0 Å². The van der Waals surface area contributed by atoms with Crippen molar-refractivity contribution in [3.63, 3.8) is 0 Å². The maximum absolute atomic E-state index is 12.4. The predicted octanol–water partition coefficient (Wildman–Crippen LogP) is 2.82. The van der Waals surface area contributed by atoms with Crippen LogP contribution in [0.5, 0.6) is 0 Å². The van der Waals surface area contributed by atoms with Crippen molar-refractivity contribution in [2.24, 2.45) is 0 Å². The van der Waals surface area contributed by atoms with Gasteiger partial charge in [0.25, 0.3) is 0 Å². The summed E-state index contributed by atoms with van der Waals surface area (Å²) in [6.07, 6.45) is 1.73. The van der Waals surface area contributed by atoms with Crippen molar-refractivity contribution in [1.82, 2.24) is 15.4 Å². The summed E-state index contributed by atoms with van der Waals surface area (Å²) in [7, 11) is 0. The first kappa shape index (κ1) is 17.8. The first-order chi connectivity index (χ1) is 10.6. The molecule has 2 amide bonds. The van der Waals surface area contributed by atoms with Crippen LogP contribution in [-0.2, 0) is 11.2 Å². The number of nitrogens with zero attached hydrogens (tertiary/aromatic N) is 2. The number of urea groups is 1. The molecule has 1 aliphatic rings. The topological polar surface area (TPSA) is 67.6 Å². The van der Waals surface area contributed by atoms with Gasteiger partial charge in [-0.2, -0.15) is 0 Å². The van der Waals surface area contributed by atoms with Crippen molar-refractivity contribution >= 4 is 6.03 Å². The van der Waals surface area contributed by atoms with E-state index in [0.717, 1.165) is 29.9 Å². The average Bonchev–Trinajstić information content (AvgIpc) is 2.71. The summed E-state index contributed by atoms with van der Waals surface area (Å²) < 4.78 is 11.2. The van der Waals surface area contributed by atoms with E-state index >= 15 is 0 Å². The predicted molar refractivity (Wildman–Crippen MR) is 88.5 cm³/mol. The third kappa shape index (κ3) is 4.70. The third-order valence-corrected chi connectivity index (χ3v) is 4.04. The Morgan fingerprint density at radius 1 is 1.22 bits per heavy atom. The maximum Gasteiger partial charge on any atom is 0.317 e. The number of hydrogen-bond acceptors (Lipinski definition) is 4. The lowest BCUT2D eigenvalue weighted by atomic mass is 9.99. The quantitative estimate of drug-likeness (QED) is 0.865. The summed E-state index contributed by atoms with van der Waals surface area (Å²) in [6.45, 7) is 13.8. The molecule has 6 nitrogen and oxygen atoms in total. The van der Waals surface area contributed by atoms with Crippen LogP contribution in [0.15, 0.2) is 4.52 Å². The minimum Gasteiger partial charge on any atom is -0.366 e. The molecule has 23 heavy (non-hydrogen) atoms. The van der Waals surface area contributed by atoms with Crippen molar-refractivity contribution in [1.29, 1.82) is 0 Å². The number of ether oxygens (including phenoxy) is 1. The largest absolute Gasteiger partial charge is 0.366 e. The van der Waals surface area contributed by atoms with Crippen LogP contribution in [0.4, 0.5) is 4.79 Å². The summed E-state index contributed by atoms with van der Waals surface area (Å²) in [5, 5.41) is 6.96. The Hall–Kier alpha value is -1.56. The van der Waals surface area contributed by atoms with Gasteiger partial charge in [-0.15, -0.1) is 0 Å². The van der Waals surface area contributed by atoms with Crippen LogP contribution in [0.25, 0.3) is 0 Å². The van der Waals surface area contributed by atoms with Crippen LogP contribution in [-0.4, -0.2) is 46.9 Å². The molecule has 1 fully saturated rings. The van der Waals surface area contributed by atoms with E-state index in [1.165, 1.54) is 0 Å². The molecule has 0 unspecified atom stereocenters. The Morgan fingerprint density at radius 3 is 2.35 bits per heavy atom. The SMILES string of the molecule is Cc1noc(C)c1CCCNC(=O)N1CC(C)(C)OC(C)(C)C1. The zero-order chi connectivity index (χ0) is 17.3. The summed E-state index contributed by atoms with van der Waals surface area (Å²) in [4.78, 5) is 14.2. The summed E-state index contributed by atoms with van der Waals surface area (Å²) in [6, 6.07) is -0.0202. The highest BCUT2D eigenvalue weighted by Gasteiger charge is 2.39. The highest BCUT2D eigenvalue weighted by molar-refractivity contribution is 5.74. The van der Waals surface area contributed by atoms with Gasteiger partial charge in [-0.25, -0.2) is 4.79 Å². The van der Waals surface area contributed by atoms with Gasteiger partial charge in [-0.1, -0.05) is 5.16 Å². The normalized spacial score (nSPS) is 19.7. The number of carbonyl (C=O) groups excluding carboxylic acids is 1. The molecule has 2 rings (SSSR count). The Balaban J connectivity index is 1.81. The molecule has 0 radical (unpaired) electrons. The van der Waals surface area contributed by atoms with Crippen LogP contribution < -0.4 is 5.32 Å². The molecule has 0 aromatic carbocycles. The van der Waals surface area contributed by atoms with Gasteiger partial charge in [0.15, 0.2) is 0 Å². The van der Waals surface area contributed by atoms with Crippen molar-refractivity contribution in [2.75, 3.05) is 19.6 Å². The van der Waals surface area contributed by atoms with Crippen LogP contribution in [0.2, 0.25) is 0 Å². The highest BCUT2D eigenvalue weighted by atomic mass is 16.5. The fraction of sp³-hybridized carbons (Fsp3) is 0.765. The smallest absolute Gasteiger partial charge is 0.317 e. The number of rotatable bonds is 4. The second-order valence-corrected chi connectivity index (χ2v) is 7.62. The number of morpholine rings is 1. The molecule has 1 aromatic heterocycles. The molecule has 1 aromatic rings. The molecular weight excluding hydrogens is 294 g/mol. The molecule has 1 saturated heterocycles. The first-order valence-corrected chi connectivity index (χ1v) is 8.24. The van der Waals surface area contributed by atoms with E-state index in [-0.39, 0.29) is 17.2 Å². The molecule has 0 atom stereocenters. The lowest BCUT2D eigenvalue weighted by Crippen LogP contribution is -2.60. The summed E-state index contributed by atoms with van der Waals surface area (Å²) >= 11 is 0. The number of aromatic nitrogens is 1. The van der Waals surface area contributed by atoms with Crippen molar-refractivity contribution in [3.05, 3.63) is 17.0 Å². The van der Waals surface area contributed by atoms with Crippen LogP contribution in [0.3, 0.4) is 0 Å². The van der Waals surface area contributed by atoms with Gasteiger partial charge in [0.1, 0.15) is 5.76 Å². The zero-order valence-electron chi connectivity index (χ0n) is 15.2. The van der Waals surface area contributed by atoms with Crippen LogP contribution >= 0.6 is 0 Å². The van der Waals surface area contributed by atoms with E-state index in [2.05, 4.69) is 10.5 Å². The van der Waals surface area contributed by atoms with E-state index in [1.807, 2.05) is 46.4 Å². The minimum absolute atomic E-state index is 0.0202. The van der Waals surface area contributed by atoms with E-state index < -0.39 is 0 Å². The van der Waals surface area contributed by atoms with Crippen LogP contribution in [0.1, 0.15) is 51.1 Å². The maximum atomic E-state index is 12.4. The fourth-order valence-electron chi connectivity index (χ4n) is 3.36. The van der Waals surface area contributed by atoms with Crippen molar-refractivity contribution in [2.45, 2.75) is 65.6 Å². The Labute approximate surface area is 138 Å². The van der Waals surface area contributed by atoms with Crippen molar-refractivity contribution < 1.29 is 14.1 Å². The molecule has 2 heterocycles. The molecule has 0 aliphatic carbocycles. The monoisotopic (exact) mass is 323 g/mol. The van der Waals surface area contributed by atoms with Gasteiger partial charge in [-0.3, -0.25) is 0 Å². The van der Waals surface area contributed by atoms with E-state index in [4.69, 9.17) is 9.26 Å². The van der Waals surface area contributed by atoms with Crippen LogP contribution in [0, 0.1) is 13.8 Å². The number of hydrogen-bond donors (Lipinski definition) is 1. The number of aryl methyl sites for hydroxylation is 2. The van der Waals surface area contributed by atoms with Gasteiger partial charge >= 0.3 is 6.03 Å². The van der Waals surface area contributed by atoms with E-state index in [9.17, 15) is 4.79 Å². The molecule has 0 bridgehead atoms. The first-order valence-electron chi connectivity index (χ1n) is 8.24. The molecule has 0 saturated carbocycles. The van der Waals surface area contributed by atoms with Gasteiger partial charge in [0.05, 0.1) is 30.0 Å². The molecule has 130 valence electrons. The lowest BCUT2D eigenvalue weighted by molar-refractivity contribution is -0.170. The molecule has 6 heteroatoms. The Morgan fingerprint density at radius 2 is 1.83 bits per heavy atom. The van der Waals surface area contributed by atoms with Gasteiger partial charge in [0.2, 0.25) is 0 Å². The summed E-state index contributed by atoms with van der Waals surface area (Å²) in [5.41, 5.74) is 1.43. The minimum atomic E-state index is -0.324. The van der Waals surface area contributed by atoms with Gasteiger partial charge < -0.3 is 19.5 Å². The summed E-state index contributed by atoms with van der Waals surface area (Å²) in [5.74, 6) is 0.866. The van der Waals surface area contributed by atoms with E-state index in [0.29, 0.717) is 19.6 Å². The average molecular weight is 323 g/mol. The number of carbonyl (C=O) groups is 1. The van der Waals surface area contributed by atoms with Gasteiger partial charge in [0, 0.05) is 12.1 Å². The Kier molecular flexibility index (Phi) is 5.04. The van der Waals surface area contributed by atoms with Gasteiger partial charge in [-0.05, 0) is 54.4 Å². The molecule has 1 aliphatic heterocycles. The second kappa shape index (κ2) is 6.51. The third-order valence-electron chi connectivity index (χ3n) is 4.04. The molecule has 0 spiro atoms. The molecular formula is C17H29N3O3. The zero-order valence-corrected chi connectivity index (χ0v) is 15.2. The number of nitrogens with one attached hydrogen (secondary N) is 1. The Bertz CT molecular complexity index is 528. The molecule has 1 N–H and O–H groups in total. The highest BCUT2D eigenvalue weighted by Crippen LogP contribution is 2.27. The number of amides is 2.